The third kappa shape index (κ3) is 3.96. The minimum absolute atomic E-state index is 0.780. The lowest BCUT2D eigenvalue weighted by atomic mass is 10.2. The van der Waals surface area contributed by atoms with Crippen molar-refractivity contribution < 1.29 is 4.74 Å². The molecule has 0 unspecified atom stereocenters. The first kappa shape index (κ1) is 13.3. The van der Waals surface area contributed by atoms with Crippen LogP contribution in [-0.2, 0) is 11.3 Å². The molecule has 1 N–H and O–H groups in total. The van der Waals surface area contributed by atoms with Crippen molar-refractivity contribution in [1.29, 1.82) is 0 Å². The van der Waals surface area contributed by atoms with Crippen LogP contribution in [-0.4, -0.2) is 38.8 Å². The van der Waals surface area contributed by atoms with Crippen molar-refractivity contribution in [1.82, 2.24) is 10.3 Å². The van der Waals surface area contributed by atoms with Gasteiger partial charge in [-0.1, -0.05) is 6.07 Å². The molecule has 0 aromatic carbocycles. The Morgan fingerprint density at radius 1 is 1.50 bits per heavy atom. The highest BCUT2D eigenvalue weighted by Crippen LogP contribution is 2.28. The van der Waals surface area contributed by atoms with Crippen LogP contribution in [0.3, 0.4) is 0 Å². The molecular weight excluding hydrogens is 226 g/mol. The van der Waals surface area contributed by atoms with Gasteiger partial charge in [-0.2, -0.15) is 0 Å². The molecule has 0 bridgehead atoms. The van der Waals surface area contributed by atoms with Crippen molar-refractivity contribution in [2.24, 2.45) is 5.92 Å². The molecule has 0 radical (unpaired) electrons. The number of pyridine rings is 1. The van der Waals surface area contributed by atoms with Crippen molar-refractivity contribution in [3.8, 4) is 0 Å². The largest absolute Gasteiger partial charge is 0.379 e. The predicted octanol–water partition coefficient (Wildman–Crippen LogP) is 1.66. The highest BCUT2D eigenvalue weighted by atomic mass is 16.5. The van der Waals surface area contributed by atoms with Gasteiger partial charge in [-0.3, -0.25) is 0 Å². The number of rotatable bonds is 8. The van der Waals surface area contributed by atoms with E-state index in [2.05, 4.69) is 28.3 Å². The van der Waals surface area contributed by atoms with E-state index >= 15 is 0 Å². The number of nitrogens with zero attached hydrogens (tertiary/aromatic N) is 2. The van der Waals surface area contributed by atoms with Crippen LogP contribution in [0.15, 0.2) is 18.3 Å². The maximum Gasteiger partial charge on any atom is 0.132 e. The van der Waals surface area contributed by atoms with Crippen molar-refractivity contribution in [2.75, 3.05) is 38.8 Å². The van der Waals surface area contributed by atoms with Crippen LogP contribution in [0.1, 0.15) is 18.4 Å². The van der Waals surface area contributed by atoms with Crippen molar-refractivity contribution >= 4 is 5.82 Å². The highest BCUT2D eigenvalue weighted by molar-refractivity contribution is 5.45. The molecule has 0 spiro atoms. The molecule has 0 aliphatic heterocycles. The summed E-state index contributed by atoms with van der Waals surface area (Å²) in [6.45, 7) is 3.44. The summed E-state index contributed by atoms with van der Waals surface area (Å²) < 4.78 is 5.66. The van der Waals surface area contributed by atoms with Gasteiger partial charge in [0.2, 0.25) is 0 Å². The summed E-state index contributed by atoms with van der Waals surface area (Å²) >= 11 is 0. The quantitative estimate of drug-likeness (QED) is 0.711. The van der Waals surface area contributed by atoms with E-state index in [0.717, 1.165) is 38.0 Å². The van der Waals surface area contributed by atoms with Gasteiger partial charge < -0.3 is 15.0 Å². The van der Waals surface area contributed by atoms with E-state index in [0.29, 0.717) is 0 Å². The van der Waals surface area contributed by atoms with Gasteiger partial charge in [-0.15, -0.1) is 0 Å². The Kier molecular flexibility index (Phi) is 4.96. The fourth-order valence-electron chi connectivity index (χ4n) is 1.94. The number of anilines is 1. The Morgan fingerprint density at radius 2 is 2.33 bits per heavy atom. The van der Waals surface area contributed by atoms with Crippen LogP contribution in [0.2, 0.25) is 0 Å². The van der Waals surface area contributed by atoms with Gasteiger partial charge in [-0.05, 0) is 31.9 Å². The summed E-state index contributed by atoms with van der Waals surface area (Å²) in [4.78, 5) is 6.62. The molecule has 1 aromatic rings. The smallest absolute Gasteiger partial charge is 0.132 e. The van der Waals surface area contributed by atoms with Gasteiger partial charge in [0.05, 0.1) is 6.61 Å². The number of hydrogen-bond donors (Lipinski definition) is 1. The van der Waals surface area contributed by atoms with E-state index in [-0.39, 0.29) is 0 Å². The van der Waals surface area contributed by atoms with Crippen molar-refractivity contribution in [3.63, 3.8) is 0 Å². The summed E-state index contributed by atoms with van der Waals surface area (Å²) in [7, 11) is 4.03. The second kappa shape index (κ2) is 6.71. The van der Waals surface area contributed by atoms with Crippen molar-refractivity contribution in [3.05, 3.63) is 23.9 Å². The first-order valence-corrected chi connectivity index (χ1v) is 6.68. The summed E-state index contributed by atoms with van der Waals surface area (Å²) in [5.41, 5.74) is 1.23. The maximum absolute atomic E-state index is 5.66. The molecule has 0 atom stereocenters. The van der Waals surface area contributed by atoms with Crippen LogP contribution >= 0.6 is 0 Å². The molecule has 0 amide bonds. The monoisotopic (exact) mass is 249 g/mol. The number of hydrogen-bond acceptors (Lipinski definition) is 4. The Bertz CT molecular complexity index is 366. The van der Waals surface area contributed by atoms with Gasteiger partial charge >= 0.3 is 0 Å². The fraction of sp³-hybridized carbons (Fsp3) is 0.643. The topological polar surface area (TPSA) is 37.4 Å². The molecule has 1 heterocycles. The van der Waals surface area contributed by atoms with Crippen LogP contribution in [0.5, 0.6) is 0 Å². The lowest BCUT2D eigenvalue weighted by molar-refractivity contribution is 0.130. The first-order chi connectivity index (χ1) is 8.81. The van der Waals surface area contributed by atoms with E-state index in [1.54, 1.807) is 0 Å². The lowest BCUT2D eigenvalue weighted by Crippen LogP contribution is -2.25. The third-order valence-corrected chi connectivity index (χ3v) is 3.22. The Hall–Kier alpha value is -1.13. The fourth-order valence-corrected chi connectivity index (χ4v) is 1.94. The van der Waals surface area contributed by atoms with E-state index in [9.17, 15) is 0 Å². The molecule has 1 aliphatic carbocycles. The van der Waals surface area contributed by atoms with Crippen LogP contribution < -0.4 is 10.2 Å². The van der Waals surface area contributed by atoms with Gasteiger partial charge in [0.1, 0.15) is 5.82 Å². The zero-order valence-electron chi connectivity index (χ0n) is 11.4. The van der Waals surface area contributed by atoms with Gasteiger partial charge in [0.15, 0.2) is 0 Å². The van der Waals surface area contributed by atoms with Crippen LogP contribution in [0, 0.1) is 5.92 Å². The Balaban J connectivity index is 1.80. The molecule has 1 fully saturated rings. The minimum atomic E-state index is 0.780. The van der Waals surface area contributed by atoms with Crippen molar-refractivity contribution in [2.45, 2.75) is 19.4 Å². The maximum atomic E-state index is 5.66. The number of ether oxygens (including phenoxy) is 1. The van der Waals surface area contributed by atoms with E-state index in [1.807, 2.05) is 19.3 Å². The van der Waals surface area contributed by atoms with Gasteiger partial charge in [-0.25, -0.2) is 4.98 Å². The molecule has 4 nitrogen and oxygen atoms in total. The molecule has 100 valence electrons. The second-order valence-electron chi connectivity index (χ2n) is 4.96. The molecule has 1 saturated carbocycles. The second-order valence-corrected chi connectivity index (χ2v) is 4.96. The SMILES string of the molecule is CNCc1cccnc1N(C)CCOCC1CC1. The summed E-state index contributed by atoms with van der Waals surface area (Å²) in [6.07, 6.45) is 4.54. The molecule has 2 rings (SSSR count). The van der Waals surface area contributed by atoms with Gasteiger partial charge in [0.25, 0.3) is 0 Å². The molecule has 18 heavy (non-hydrogen) atoms. The van der Waals surface area contributed by atoms with E-state index < -0.39 is 0 Å². The molecular formula is C14H23N3O. The summed E-state index contributed by atoms with van der Waals surface area (Å²) in [5, 5.41) is 3.17. The zero-order valence-corrected chi connectivity index (χ0v) is 11.4. The summed E-state index contributed by atoms with van der Waals surface area (Å²) in [5.74, 6) is 1.88. The number of likely N-dealkylation sites (N-methyl/N-ethyl adjacent to an activating group) is 1. The Labute approximate surface area is 109 Å². The first-order valence-electron chi connectivity index (χ1n) is 6.68. The zero-order chi connectivity index (χ0) is 12.8. The minimum Gasteiger partial charge on any atom is -0.379 e. The van der Waals surface area contributed by atoms with Crippen LogP contribution in [0.4, 0.5) is 5.82 Å². The number of nitrogens with one attached hydrogen (secondary N) is 1. The Morgan fingerprint density at radius 3 is 3.06 bits per heavy atom. The third-order valence-electron chi connectivity index (χ3n) is 3.22. The summed E-state index contributed by atoms with van der Waals surface area (Å²) in [6, 6.07) is 4.09. The number of aromatic nitrogens is 1. The molecule has 0 saturated heterocycles. The lowest BCUT2D eigenvalue weighted by Gasteiger charge is -2.21. The standard InChI is InChI=1S/C14H23N3O/c1-15-10-13-4-3-7-16-14(13)17(2)8-9-18-11-12-5-6-12/h3-4,7,12,15H,5-6,8-11H2,1-2H3. The highest BCUT2D eigenvalue weighted by Gasteiger charge is 2.21. The van der Waals surface area contributed by atoms with E-state index in [1.165, 1.54) is 18.4 Å². The molecule has 4 heteroatoms. The van der Waals surface area contributed by atoms with E-state index in [4.69, 9.17) is 4.74 Å². The molecule has 1 aliphatic rings. The van der Waals surface area contributed by atoms with Gasteiger partial charge in [0, 0.05) is 38.5 Å². The molecule has 1 aromatic heterocycles. The van der Waals surface area contributed by atoms with Crippen LogP contribution in [0.25, 0.3) is 0 Å². The average Bonchev–Trinajstić information content (AvgIpc) is 3.19. The average molecular weight is 249 g/mol. The predicted molar refractivity (Wildman–Crippen MR) is 73.8 cm³/mol. The normalized spacial score (nSPS) is 14.8.